The predicted octanol–water partition coefficient (Wildman–Crippen LogP) is 3.35. The lowest BCUT2D eigenvalue weighted by atomic mass is 10.2. The molecule has 3 aromatic rings. The van der Waals surface area contributed by atoms with Crippen LogP contribution in [0.25, 0.3) is 11.3 Å². The van der Waals surface area contributed by atoms with Crippen molar-refractivity contribution in [1.82, 2.24) is 14.5 Å². The van der Waals surface area contributed by atoms with Gasteiger partial charge in [-0.3, -0.25) is 4.68 Å². The van der Waals surface area contributed by atoms with E-state index in [9.17, 15) is 8.42 Å². The summed E-state index contributed by atoms with van der Waals surface area (Å²) in [6, 6.07) is 10.7. The van der Waals surface area contributed by atoms with E-state index in [2.05, 4.69) is 25.8 Å². The Bertz CT molecular complexity index is 889. The Morgan fingerprint density at radius 1 is 1.22 bits per heavy atom. The third-order valence-electron chi connectivity index (χ3n) is 3.22. The molecule has 3 rings (SSSR count). The fourth-order valence-electron chi connectivity index (χ4n) is 2.09. The molecule has 0 fully saturated rings. The van der Waals surface area contributed by atoms with E-state index >= 15 is 0 Å². The second-order valence-corrected chi connectivity index (χ2v) is 8.17. The molecule has 2 aromatic heterocycles. The molecule has 0 bridgehead atoms. The third kappa shape index (κ3) is 3.89. The van der Waals surface area contributed by atoms with E-state index in [1.54, 1.807) is 40.3 Å². The highest BCUT2D eigenvalue weighted by Crippen LogP contribution is 2.21. The van der Waals surface area contributed by atoms with Crippen molar-refractivity contribution in [3.05, 3.63) is 57.8 Å². The second kappa shape index (κ2) is 6.96. The molecule has 0 saturated carbocycles. The monoisotopic (exact) mass is 411 g/mol. The van der Waals surface area contributed by atoms with Crippen LogP contribution in [0, 0.1) is 0 Å². The van der Waals surface area contributed by atoms with Gasteiger partial charge in [0.1, 0.15) is 0 Å². The van der Waals surface area contributed by atoms with Gasteiger partial charge in [0.25, 0.3) is 0 Å². The van der Waals surface area contributed by atoms with E-state index in [1.165, 1.54) is 0 Å². The predicted molar refractivity (Wildman–Crippen MR) is 94.9 cm³/mol. The van der Waals surface area contributed by atoms with Crippen LogP contribution in [0.2, 0.25) is 0 Å². The van der Waals surface area contributed by atoms with E-state index in [-0.39, 0.29) is 11.4 Å². The number of nitrogens with zero attached hydrogens (tertiary/aromatic N) is 2. The minimum absolute atomic E-state index is 0.236. The lowest BCUT2D eigenvalue weighted by molar-refractivity contribution is 0.561. The summed E-state index contributed by atoms with van der Waals surface area (Å²) >= 11 is 4.88. The summed E-state index contributed by atoms with van der Waals surface area (Å²) < 4.78 is 29.4. The van der Waals surface area contributed by atoms with Gasteiger partial charge >= 0.3 is 0 Å². The Morgan fingerprint density at radius 2 is 2.04 bits per heavy atom. The maximum atomic E-state index is 12.3. The van der Waals surface area contributed by atoms with E-state index in [4.69, 9.17) is 0 Å². The van der Waals surface area contributed by atoms with Gasteiger partial charge in [-0.15, -0.1) is 0 Å². The molecule has 0 spiro atoms. The molecule has 0 radical (unpaired) electrons. The number of hydrogen-bond acceptors (Lipinski definition) is 4. The highest BCUT2D eigenvalue weighted by atomic mass is 79.9. The van der Waals surface area contributed by atoms with Crippen molar-refractivity contribution in [1.29, 1.82) is 0 Å². The quantitative estimate of drug-likeness (QED) is 0.676. The van der Waals surface area contributed by atoms with Gasteiger partial charge in [0.05, 0.1) is 17.1 Å². The molecule has 1 aromatic carbocycles. The maximum absolute atomic E-state index is 12.3. The van der Waals surface area contributed by atoms with Crippen LogP contribution in [0.4, 0.5) is 0 Å². The summed E-state index contributed by atoms with van der Waals surface area (Å²) in [5.41, 5.74) is 1.96. The first kappa shape index (κ1) is 16.4. The Labute approximate surface area is 147 Å². The highest BCUT2D eigenvalue weighted by molar-refractivity contribution is 9.10. The van der Waals surface area contributed by atoms with Gasteiger partial charge in [-0.1, -0.05) is 12.1 Å². The van der Waals surface area contributed by atoms with E-state index in [0.717, 1.165) is 11.3 Å². The van der Waals surface area contributed by atoms with Gasteiger partial charge < -0.3 is 0 Å². The molecule has 1 N–H and O–H groups in total. The minimum atomic E-state index is -3.53. The van der Waals surface area contributed by atoms with Crippen LogP contribution in [0.5, 0.6) is 0 Å². The Balaban J connectivity index is 1.62. The number of aromatic nitrogens is 2. The first-order chi connectivity index (χ1) is 11.1. The Morgan fingerprint density at radius 3 is 2.78 bits per heavy atom. The van der Waals surface area contributed by atoms with Crippen molar-refractivity contribution >= 4 is 37.3 Å². The van der Waals surface area contributed by atoms with E-state index < -0.39 is 10.0 Å². The van der Waals surface area contributed by atoms with Gasteiger partial charge in [-0.25, -0.2) is 13.1 Å². The molecule has 0 atom stereocenters. The van der Waals surface area contributed by atoms with E-state index in [0.29, 0.717) is 11.0 Å². The second-order valence-electron chi connectivity index (χ2n) is 4.80. The lowest BCUT2D eigenvalue weighted by Gasteiger charge is -2.08. The number of rotatable bonds is 6. The molecular weight excluding hydrogens is 398 g/mol. The molecule has 0 unspecified atom stereocenters. The molecule has 8 heteroatoms. The number of nitrogens with one attached hydrogen (secondary N) is 1. The molecule has 0 aliphatic rings. The summed E-state index contributed by atoms with van der Waals surface area (Å²) in [4.78, 5) is 0.236. The van der Waals surface area contributed by atoms with Crippen LogP contribution in [0.15, 0.2) is 62.7 Å². The minimum Gasteiger partial charge on any atom is -0.271 e. The molecule has 0 aliphatic carbocycles. The zero-order chi connectivity index (χ0) is 16.3. The molecule has 0 amide bonds. The number of hydrogen-bond donors (Lipinski definition) is 1. The van der Waals surface area contributed by atoms with Crippen LogP contribution < -0.4 is 4.72 Å². The average molecular weight is 412 g/mol. The molecule has 5 nitrogen and oxygen atoms in total. The topological polar surface area (TPSA) is 64.0 Å². The van der Waals surface area contributed by atoms with Gasteiger partial charge in [-0.2, -0.15) is 16.4 Å². The number of sulfonamides is 1. The summed E-state index contributed by atoms with van der Waals surface area (Å²) in [6.45, 7) is 0.738. The van der Waals surface area contributed by atoms with Gasteiger partial charge in [0.15, 0.2) is 0 Å². The van der Waals surface area contributed by atoms with E-state index in [1.807, 2.05) is 29.1 Å². The maximum Gasteiger partial charge on any atom is 0.241 e. The first-order valence-electron chi connectivity index (χ1n) is 6.86. The number of thiophene rings is 1. The molecule has 120 valence electrons. The lowest BCUT2D eigenvalue weighted by Crippen LogP contribution is -2.27. The number of benzene rings is 1. The normalized spacial score (nSPS) is 11.7. The molecule has 0 aliphatic heterocycles. The van der Waals surface area contributed by atoms with Gasteiger partial charge in [0, 0.05) is 28.2 Å². The largest absolute Gasteiger partial charge is 0.271 e. The average Bonchev–Trinajstić information content (AvgIpc) is 3.18. The zero-order valence-corrected chi connectivity index (χ0v) is 15.2. The fraction of sp³-hybridized carbons (Fsp3) is 0.133. The standard InChI is InChI=1S/C15H14BrN3O2S2/c16-13-3-1-2-4-15(13)23(20,21)17-7-9-19-8-5-14(18-19)12-6-10-22-11-12/h1-6,8,10-11,17H,7,9H2. The van der Waals surface area contributed by atoms with Gasteiger partial charge in [0.2, 0.25) is 10.0 Å². The molecule has 2 heterocycles. The SMILES string of the molecule is O=S(=O)(NCCn1ccc(-c2ccsc2)n1)c1ccccc1Br. The van der Waals surface area contributed by atoms with Gasteiger partial charge in [-0.05, 0) is 45.6 Å². The van der Waals surface area contributed by atoms with Crippen LogP contribution in [-0.2, 0) is 16.6 Å². The summed E-state index contributed by atoms with van der Waals surface area (Å²) in [6.07, 6.45) is 1.85. The number of halogens is 1. The first-order valence-corrected chi connectivity index (χ1v) is 10.1. The molecule has 23 heavy (non-hydrogen) atoms. The highest BCUT2D eigenvalue weighted by Gasteiger charge is 2.16. The van der Waals surface area contributed by atoms with Crippen molar-refractivity contribution in [3.8, 4) is 11.3 Å². The van der Waals surface area contributed by atoms with Crippen molar-refractivity contribution in [2.45, 2.75) is 11.4 Å². The van der Waals surface area contributed by atoms with Crippen LogP contribution in [0.3, 0.4) is 0 Å². The Hall–Kier alpha value is -1.48. The van der Waals surface area contributed by atoms with Crippen molar-refractivity contribution in [2.24, 2.45) is 0 Å². The molecular formula is C15H14BrN3O2S2. The summed E-state index contributed by atoms with van der Waals surface area (Å²) in [7, 11) is -3.53. The van der Waals surface area contributed by atoms with Crippen molar-refractivity contribution in [2.75, 3.05) is 6.54 Å². The summed E-state index contributed by atoms with van der Waals surface area (Å²) in [5.74, 6) is 0. The third-order valence-corrected chi connectivity index (χ3v) is 6.37. The Kier molecular flexibility index (Phi) is 4.96. The van der Waals surface area contributed by atoms with Crippen LogP contribution in [-0.4, -0.2) is 24.7 Å². The molecule has 0 saturated heterocycles. The van der Waals surface area contributed by atoms with Crippen molar-refractivity contribution in [3.63, 3.8) is 0 Å². The fourth-order valence-corrected chi connectivity index (χ4v) is 4.76. The smallest absolute Gasteiger partial charge is 0.241 e. The van der Waals surface area contributed by atoms with Crippen LogP contribution >= 0.6 is 27.3 Å². The zero-order valence-electron chi connectivity index (χ0n) is 12.0. The van der Waals surface area contributed by atoms with Crippen LogP contribution in [0.1, 0.15) is 0 Å². The van der Waals surface area contributed by atoms with Crippen molar-refractivity contribution < 1.29 is 8.42 Å². The summed E-state index contributed by atoms with van der Waals surface area (Å²) in [5, 5.41) is 8.47.